The van der Waals surface area contributed by atoms with E-state index < -0.39 is 4.92 Å². The minimum absolute atomic E-state index is 0.0429. The number of nitrogens with zero attached hydrogens (tertiary/aromatic N) is 1. The van der Waals surface area contributed by atoms with Gasteiger partial charge in [0.15, 0.2) is 0 Å². The number of nitrogens with one attached hydrogen (secondary N) is 1. The highest BCUT2D eigenvalue weighted by Crippen LogP contribution is 2.41. The van der Waals surface area contributed by atoms with E-state index in [9.17, 15) is 14.9 Å². The predicted octanol–water partition coefficient (Wildman–Crippen LogP) is 2.21. The van der Waals surface area contributed by atoms with Crippen molar-refractivity contribution in [2.75, 3.05) is 5.32 Å². The highest BCUT2D eigenvalue weighted by molar-refractivity contribution is 5.98. The SMILES string of the molecule is CC1(C)CC(=O)Nc2c([N+](=O)[O-])cccc21. The summed E-state index contributed by atoms with van der Waals surface area (Å²) < 4.78 is 0. The van der Waals surface area contributed by atoms with Crippen LogP contribution in [0.3, 0.4) is 0 Å². The molecule has 0 spiro atoms. The first-order chi connectivity index (χ1) is 7.42. The Hall–Kier alpha value is -1.91. The van der Waals surface area contributed by atoms with Gasteiger partial charge in [-0.15, -0.1) is 0 Å². The smallest absolute Gasteiger partial charge is 0.293 e. The number of anilines is 1. The normalized spacial score (nSPS) is 17.5. The first-order valence-corrected chi connectivity index (χ1v) is 4.99. The molecule has 1 amide bonds. The van der Waals surface area contributed by atoms with E-state index in [4.69, 9.17) is 0 Å². The Morgan fingerprint density at radius 2 is 2.12 bits per heavy atom. The Balaban J connectivity index is 2.66. The van der Waals surface area contributed by atoms with E-state index in [-0.39, 0.29) is 17.0 Å². The van der Waals surface area contributed by atoms with Crippen molar-refractivity contribution in [1.82, 2.24) is 0 Å². The quantitative estimate of drug-likeness (QED) is 0.582. The van der Waals surface area contributed by atoms with Crippen LogP contribution in [0.25, 0.3) is 0 Å². The predicted molar refractivity (Wildman–Crippen MR) is 59.4 cm³/mol. The van der Waals surface area contributed by atoms with Crippen LogP contribution < -0.4 is 5.32 Å². The molecule has 84 valence electrons. The number of nitro groups is 1. The van der Waals surface area contributed by atoms with E-state index in [1.165, 1.54) is 6.07 Å². The summed E-state index contributed by atoms with van der Waals surface area (Å²) in [5.41, 5.74) is 0.762. The highest BCUT2D eigenvalue weighted by atomic mass is 16.6. The number of nitro benzene ring substituents is 1. The molecule has 5 heteroatoms. The molecule has 1 aromatic carbocycles. The zero-order valence-corrected chi connectivity index (χ0v) is 9.11. The second-order valence-corrected chi connectivity index (χ2v) is 4.57. The number of fused-ring (bicyclic) bond motifs is 1. The molecule has 0 bridgehead atoms. The van der Waals surface area contributed by atoms with Gasteiger partial charge < -0.3 is 5.32 Å². The van der Waals surface area contributed by atoms with Gasteiger partial charge in [-0.05, 0) is 5.56 Å². The fraction of sp³-hybridized carbons (Fsp3) is 0.364. The number of benzene rings is 1. The minimum Gasteiger partial charge on any atom is -0.320 e. The highest BCUT2D eigenvalue weighted by Gasteiger charge is 2.35. The molecule has 0 saturated carbocycles. The van der Waals surface area contributed by atoms with Crippen molar-refractivity contribution in [2.45, 2.75) is 25.7 Å². The number of amides is 1. The molecular formula is C11H12N2O3. The standard InChI is InChI=1S/C11H12N2O3/c1-11(2)6-9(14)12-10-7(11)4-3-5-8(10)13(15)16/h3-5H,6H2,1-2H3,(H,12,14). The Morgan fingerprint density at radius 3 is 2.75 bits per heavy atom. The second-order valence-electron chi connectivity index (χ2n) is 4.57. The summed E-state index contributed by atoms with van der Waals surface area (Å²) in [7, 11) is 0. The summed E-state index contributed by atoms with van der Waals surface area (Å²) in [5.74, 6) is -0.174. The Morgan fingerprint density at radius 1 is 1.44 bits per heavy atom. The molecule has 2 rings (SSSR count). The lowest BCUT2D eigenvalue weighted by molar-refractivity contribution is -0.384. The van der Waals surface area contributed by atoms with E-state index in [1.54, 1.807) is 6.07 Å². The average molecular weight is 220 g/mol. The van der Waals surface area contributed by atoms with Gasteiger partial charge in [0.05, 0.1) is 4.92 Å². The van der Waals surface area contributed by atoms with Crippen LogP contribution in [0.15, 0.2) is 18.2 Å². The number of hydrogen-bond acceptors (Lipinski definition) is 3. The van der Waals surface area contributed by atoms with Gasteiger partial charge in [-0.1, -0.05) is 26.0 Å². The lowest BCUT2D eigenvalue weighted by atomic mass is 9.78. The van der Waals surface area contributed by atoms with Gasteiger partial charge in [0, 0.05) is 17.9 Å². The molecule has 16 heavy (non-hydrogen) atoms. The average Bonchev–Trinajstić information content (AvgIpc) is 2.15. The lowest BCUT2D eigenvalue weighted by Crippen LogP contribution is -2.32. The van der Waals surface area contributed by atoms with E-state index in [1.807, 2.05) is 19.9 Å². The van der Waals surface area contributed by atoms with Crippen LogP contribution in [-0.4, -0.2) is 10.8 Å². The van der Waals surface area contributed by atoms with Crippen LogP contribution in [0.1, 0.15) is 25.8 Å². The summed E-state index contributed by atoms with van der Waals surface area (Å²) in [4.78, 5) is 21.9. The summed E-state index contributed by atoms with van der Waals surface area (Å²) in [6.45, 7) is 3.82. The molecule has 0 fully saturated rings. The second kappa shape index (κ2) is 3.30. The molecule has 0 aromatic heterocycles. The maximum atomic E-state index is 11.5. The first-order valence-electron chi connectivity index (χ1n) is 4.99. The maximum absolute atomic E-state index is 11.5. The molecule has 0 unspecified atom stereocenters. The van der Waals surface area contributed by atoms with Crippen LogP contribution >= 0.6 is 0 Å². The monoisotopic (exact) mass is 220 g/mol. The van der Waals surface area contributed by atoms with Crippen molar-refractivity contribution in [3.8, 4) is 0 Å². The van der Waals surface area contributed by atoms with Gasteiger partial charge in [0.2, 0.25) is 5.91 Å². The molecule has 1 aliphatic heterocycles. The molecule has 0 aliphatic carbocycles. The number of hydrogen-bond donors (Lipinski definition) is 1. The van der Waals surface area contributed by atoms with Gasteiger partial charge in [-0.3, -0.25) is 14.9 Å². The minimum atomic E-state index is -0.472. The molecule has 1 aromatic rings. The molecule has 1 heterocycles. The third kappa shape index (κ3) is 1.54. The number of rotatable bonds is 1. The van der Waals surface area contributed by atoms with Crippen LogP contribution in [-0.2, 0) is 10.2 Å². The molecule has 0 saturated heterocycles. The third-order valence-electron chi connectivity index (χ3n) is 2.84. The van der Waals surface area contributed by atoms with Crippen LogP contribution in [0.2, 0.25) is 0 Å². The largest absolute Gasteiger partial charge is 0.320 e. The van der Waals surface area contributed by atoms with E-state index in [0.717, 1.165) is 5.56 Å². The van der Waals surface area contributed by atoms with Gasteiger partial charge >= 0.3 is 0 Å². The molecule has 1 aliphatic rings. The summed E-state index contributed by atoms with van der Waals surface area (Å²) in [5, 5.41) is 13.4. The van der Waals surface area contributed by atoms with Gasteiger partial charge in [-0.2, -0.15) is 0 Å². The van der Waals surface area contributed by atoms with Gasteiger partial charge in [0.1, 0.15) is 5.69 Å². The Labute approximate surface area is 92.6 Å². The molecule has 0 radical (unpaired) electrons. The number of carbonyl (C=O) groups excluding carboxylic acids is 1. The lowest BCUT2D eigenvalue weighted by Gasteiger charge is -2.31. The molecular weight excluding hydrogens is 208 g/mol. The van der Waals surface area contributed by atoms with Gasteiger partial charge in [-0.25, -0.2) is 0 Å². The summed E-state index contributed by atoms with van der Waals surface area (Å²) in [6.07, 6.45) is 0.348. The fourth-order valence-corrected chi connectivity index (χ4v) is 2.07. The fourth-order valence-electron chi connectivity index (χ4n) is 2.07. The topological polar surface area (TPSA) is 72.2 Å². The van der Waals surface area contributed by atoms with E-state index in [0.29, 0.717) is 12.1 Å². The summed E-state index contributed by atoms with van der Waals surface area (Å²) in [6, 6.07) is 4.87. The van der Waals surface area contributed by atoms with Gasteiger partial charge in [0.25, 0.3) is 5.69 Å². The van der Waals surface area contributed by atoms with Crippen molar-refractivity contribution < 1.29 is 9.72 Å². The van der Waals surface area contributed by atoms with Crippen LogP contribution in [0.4, 0.5) is 11.4 Å². The maximum Gasteiger partial charge on any atom is 0.293 e. The van der Waals surface area contributed by atoms with Crippen LogP contribution in [0.5, 0.6) is 0 Å². The van der Waals surface area contributed by atoms with Crippen molar-refractivity contribution >= 4 is 17.3 Å². The zero-order valence-electron chi connectivity index (χ0n) is 9.11. The number of carbonyl (C=O) groups is 1. The van der Waals surface area contributed by atoms with E-state index in [2.05, 4.69) is 5.32 Å². The van der Waals surface area contributed by atoms with E-state index >= 15 is 0 Å². The summed E-state index contributed by atoms with van der Waals surface area (Å²) >= 11 is 0. The number of para-hydroxylation sites is 1. The Kier molecular flexibility index (Phi) is 2.18. The first kappa shape index (κ1) is 10.6. The van der Waals surface area contributed by atoms with Crippen molar-refractivity contribution in [3.05, 3.63) is 33.9 Å². The van der Waals surface area contributed by atoms with Crippen molar-refractivity contribution in [2.24, 2.45) is 0 Å². The third-order valence-corrected chi connectivity index (χ3v) is 2.84. The Bertz CT molecular complexity index is 480. The molecule has 0 atom stereocenters. The zero-order chi connectivity index (χ0) is 11.9. The van der Waals surface area contributed by atoms with Crippen molar-refractivity contribution in [1.29, 1.82) is 0 Å². The molecule has 1 N–H and O–H groups in total. The molecule has 5 nitrogen and oxygen atoms in total. The van der Waals surface area contributed by atoms with Crippen LogP contribution in [0, 0.1) is 10.1 Å². The van der Waals surface area contributed by atoms with Crippen molar-refractivity contribution in [3.63, 3.8) is 0 Å².